The minimum atomic E-state index is 0.0418. The molecule has 2 heterocycles. The van der Waals surface area contributed by atoms with Crippen molar-refractivity contribution in [1.29, 1.82) is 0 Å². The van der Waals surface area contributed by atoms with E-state index in [1.54, 1.807) is 12.4 Å². The number of aromatic nitrogens is 1. The molecule has 0 atom stereocenters. The van der Waals surface area contributed by atoms with Crippen LogP contribution >= 0.6 is 0 Å². The average molecular weight is 276 g/mol. The lowest BCUT2D eigenvalue weighted by molar-refractivity contribution is 0.197. The van der Waals surface area contributed by atoms with Gasteiger partial charge in [0.05, 0.1) is 0 Å². The third kappa shape index (κ3) is 4.49. The molecule has 5 heteroatoms. The molecule has 1 saturated heterocycles. The fraction of sp³-hybridized carbons (Fsp3) is 0.600. The van der Waals surface area contributed by atoms with Crippen LogP contribution in [0.1, 0.15) is 25.3 Å². The Morgan fingerprint density at radius 2 is 2.05 bits per heavy atom. The zero-order chi connectivity index (χ0) is 14.2. The maximum Gasteiger partial charge on any atom is 0.317 e. The van der Waals surface area contributed by atoms with Gasteiger partial charge in [-0.3, -0.25) is 4.98 Å². The van der Waals surface area contributed by atoms with Gasteiger partial charge in [-0.15, -0.1) is 0 Å². The monoisotopic (exact) mass is 276 g/mol. The van der Waals surface area contributed by atoms with E-state index in [2.05, 4.69) is 22.1 Å². The van der Waals surface area contributed by atoms with E-state index in [0.717, 1.165) is 44.7 Å². The molecule has 0 bridgehead atoms. The lowest BCUT2D eigenvalue weighted by atomic mass is 10.3. The molecule has 0 aromatic carbocycles. The molecule has 1 aromatic rings. The van der Waals surface area contributed by atoms with Gasteiger partial charge in [0, 0.05) is 38.6 Å². The number of pyridine rings is 1. The van der Waals surface area contributed by atoms with E-state index in [0.29, 0.717) is 6.54 Å². The largest absolute Gasteiger partial charge is 0.334 e. The molecule has 0 saturated carbocycles. The molecule has 2 amide bonds. The lowest BCUT2D eigenvalue weighted by Gasteiger charge is -2.22. The first kappa shape index (κ1) is 14.8. The van der Waals surface area contributed by atoms with Crippen molar-refractivity contribution >= 4 is 6.03 Å². The Balaban J connectivity index is 1.77. The normalized spacial score (nSPS) is 16.8. The second-order valence-electron chi connectivity index (χ2n) is 5.20. The van der Waals surface area contributed by atoms with Gasteiger partial charge in [0.2, 0.25) is 0 Å². The standard InChI is InChI=1S/C15H24N4O/c1-2-8-18-9-3-10-19(12-11-18)15(20)17-13-14-4-6-16-7-5-14/h4-7H,2-3,8-13H2,1H3,(H,17,20). The van der Waals surface area contributed by atoms with Crippen LogP contribution in [-0.4, -0.2) is 53.5 Å². The SMILES string of the molecule is CCCN1CCCN(C(=O)NCc2ccncc2)CC1. The molecule has 5 nitrogen and oxygen atoms in total. The van der Waals surface area contributed by atoms with Crippen LogP contribution in [0, 0.1) is 0 Å². The Morgan fingerprint density at radius 3 is 2.80 bits per heavy atom. The molecule has 20 heavy (non-hydrogen) atoms. The number of nitrogens with one attached hydrogen (secondary N) is 1. The number of carbonyl (C=O) groups is 1. The zero-order valence-corrected chi connectivity index (χ0v) is 12.2. The highest BCUT2D eigenvalue weighted by Crippen LogP contribution is 2.04. The van der Waals surface area contributed by atoms with Gasteiger partial charge in [0.25, 0.3) is 0 Å². The highest BCUT2D eigenvalue weighted by atomic mass is 16.2. The Kier molecular flexibility index (Phi) is 5.80. The quantitative estimate of drug-likeness (QED) is 0.910. The van der Waals surface area contributed by atoms with Crippen molar-refractivity contribution in [3.8, 4) is 0 Å². The van der Waals surface area contributed by atoms with Crippen LogP contribution in [0.25, 0.3) is 0 Å². The molecule has 1 aromatic heterocycles. The smallest absolute Gasteiger partial charge is 0.317 e. The summed E-state index contributed by atoms with van der Waals surface area (Å²) in [6, 6.07) is 3.89. The summed E-state index contributed by atoms with van der Waals surface area (Å²) < 4.78 is 0. The first-order valence-electron chi connectivity index (χ1n) is 7.43. The van der Waals surface area contributed by atoms with Gasteiger partial charge >= 0.3 is 6.03 Å². The molecule has 0 aliphatic carbocycles. The average Bonchev–Trinajstić information content (AvgIpc) is 2.72. The minimum absolute atomic E-state index is 0.0418. The van der Waals surface area contributed by atoms with Crippen molar-refractivity contribution in [1.82, 2.24) is 20.1 Å². The number of rotatable bonds is 4. The van der Waals surface area contributed by atoms with E-state index in [4.69, 9.17) is 0 Å². The maximum absolute atomic E-state index is 12.2. The van der Waals surface area contributed by atoms with Crippen molar-refractivity contribution in [3.63, 3.8) is 0 Å². The van der Waals surface area contributed by atoms with Crippen LogP contribution in [0.15, 0.2) is 24.5 Å². The van der Waals surface area contributed by atoms with E-state index in [1.165, 1.54) is 6.42 Å². The molecular weight excluding hydrogens is 252 g/mol. The number of hydrogen-bond donors (Lipinski definition) is 1. The molecule has 0 spiro atoms. The van der Waals surface area contributed by atoms with Gasteiger partial charge in [0.15, 0.2) is 0 Å². The summed E-state index contributed by atoms with van der Waals surface area (Å²) in [5.74, 6) is 0. The molecule has 2 rings (SSSR count). The Labute approximate surface area is 121 Å². The third-order valence-electron chi connectivity index (χ3n) is 3.61. The fourth-order valence-electron chi connectivity index (χ4n) is 2.50. The van der Waals surface area contributed by atoms with Crippen LogP contribution in [0.5, 0.6) is 0 Å². The summed E-state index contributed by atoms with van der Waals surface area (Å²) in [6.45, 7) is 7.65. The van der Waals surface area contributed by atoms with Crippen LogP contribution in [0.3, 0.4) is 0 Å². The number of amides is 2. The first-order chi connectivity index (χ1) is 9.79. The van der Waals surface area contributed by atoms with Gasteiger partial charge in [-0.05, 0) is 43.6 Å². The second-order valence-corrected chi connectivity index (χ2v) is 5.20. The predicted octanol–water partition coefficient (Wildman–Crippen LogP) is 1.71. The van der Waals surface area contributed by atoms with Gasteiger partial charge in [-0.25, -0.2) is 4.79 Å². The van der Waals surface area contributed by atoms with Crippen LogP contribution < -0.4 is 5.32 Å². The molecular formula is C15H24N4O. The summed E-state index contributed by atoms with van der Waals surface area (Å²) in [7, 11) is 0. The molecule has 110 valence electrons. The van der Waals surface area contributed by atoms with Gasteiger partial charge in [-0.1, -0.05) is 6.92 Å². The topological polar surface area (TPSA) is 48.5 Å². The molecule has 0 unspecified atom stereocenters. The van der Waals surface area contributed by atoms with Gasteiger partial charge in [-0.2, -0.15) is 0 Å². The van der Waals surface area contributed by atoms with Crippen LogP contribution in [-0.2, 0) is 6.54 Å². The lowest BCUT2D eigenvalue weighted by Crippen LogP contribution is -2.41. The maximum atomic E-state index is 12.2. The number of carbonyl (C=O) groups excluding carboxylic acids is 1. The second kappa shape index (κ2) is 7.85. The number of hydrogen-bond acceptors (Lipinski definition) is 3. The fourth-order valence-corrected chi connectivity index (χ4v) is 2.50. The van der Waals surface area contributed by atoms with Gasteiger partial charge in [0.1, 0.15) is 0 Å². The molecule has 0 radical (unpaired) electrons. The highest BCUT2D eigenvalue weighted by molar-refractivity contribution is 5.74. The Hall–Kier alpha value is -1.62. The van der Waals surface area contributed by atoms with E-state index >= 15 is 0 Å². The predicted molar refractivity (Wildman–Crippen MR) is 79.4 cm³/mol. The first-order valence-corrected chi connectivity index (χ1v) is 7.43. The van der Waals surface area contributed by atoms with Crippen LogP contribution in [0.2, 0.25) is 0 Å². The van der Waals surface area contributed by atoms with E-state index in [-0.39, 0.29) is 6.03 Å². The van der Waals surface area contributed by atoms with Gasteiger partial charge < -0.3 is 15.1 Å². The highest BCUT2D eigenvalue weighted by Gasteiger charge is 2.18. The summed E-state index contributed by atoms with van der Waals surface area (Å²) in [5, 5.41) is 2.98. The Bertz CT molecular complexity index is 410. The van der Waals surface area contributed by atoms with Crippen molar-refractivity contribution in [2.45, 2.75) is 26.3 Å². The number of nitrogens with zero attached hydrogens (tertiary/aromatic N) is 3. The molecule has 1 aliphatic heterocycles. The third-order valence-corrected chi connectivity index (χ3v) is 3.61. The Morgan fingerprint density at radius 1 is 1.25 bits per heavy atom. The molecule has 1 aliphatic rings. The van der Waals surface area contributed by atoms with Crippen molar-refractivity contribution < 1.29 is 4.79 Å². The summed E-state index contributed by atoms with van der Waals surface area (Å²) >= 11 is 0. The summed E-state index contributed by atoms with van der Waals surface area (Å²) in [6.07, 6.45) is 5.73. The molecule has 1 fully saturated rings. The van der Waals surface area contributed by atoms with E-state index in [1.807, 2.05) is 17.0 Å². The van der Waals surface area contributed by atoms with E-state index in [9.17, 15) is 4.79 Å². The summed E-state index contributed by atoms with van der Waals surface area (Å²) in [4.78, 5) is 20.5. The van der Waals surface area contributed by atoms with Crippen LogP contribution in [0.4, 0.5) is 4.79 Å². The van der Waals surface area contributed by atoms with Crippen molar-refractivity contribution in [2.24, 2.45) is 0 Å². The number of urea groups is 1. The molecule has 1 N–H and O–H groups in total. The van der Waals surface area contributed by atoms with Crippen molar-refractivity contribution in [2.75, 3.05) is 32.7 Å². The zero-order valence-electron chi connectivity index (χ0n) is 12.2. The summed E-state index contributed by atoms with van der Waals surface area (Å²) in [5.41, 5.74) is 1.08. The van der Waals surface area contributed by atoms with Crippen molar-refractivity contribution in [3.05, 3.63) is 30.1 Å². The van der Waals surface area contributed by atoms with E-state index < -0.39 is 0 Å². The minimum Gasteiger partial charge on any atom is -0.334 e.